The minimum absolute atomic E-state index is 0.284. The summed E-state index contributed by atoms with van der Waals surface area (Å²) >= 11 is 0. The predicted octanol–water partition coefficient (Wildman–Crippen LogP) is 2.67. The standard InChI is InChI=1S/C14H17FN2O2/c1-3-17-7-6-16-14(17)9-19-13-5-4-11(15)8-12(13)10(2)18/h4-8,10,18H,3,9H2,1-2H3/t10-/m0/s1. The van der Waals surface area contributed by atoms with Crippen molar-refractivity contribution in [3.8, 4) is 5.75 Å². The molecule has 0 aliphatic heterocycles. The van der Waals surface area contributed by atoms with E-state index in [0.29, 0.717) is 11.3 Å². The second kappa shape index (κ2) is 5.84. The van der Waals surface area contributed by atoms with Gasteiger partial charge in [-0.15, -0.1) is 0 Å². The molecule has 0 unspecified atom stereocenters. The number of aromatic nitrogens is 2. The lowest BCUT2D eigenvalue weighted by Crippen LogP contribution is -2.07. The van der Waals surface area contributed by atoms with E-state index in [1.807, 2.05) is 17.7 Å². The van der Waals surface area contributed by atoms with E-state index in [1.165, 1.54) is 18.2 Å². The Kier molecular flexibility index (Phi) is 4.16. The normalized spacial score (nSPS) is 12.4. The first-order chi connectivity index (χ1) is 9.11. The molecule has 1 atom stereocenters. The van der Waals surface area contributed by atoms with E-state index in [2.05, 4.69) is 4.98 Å². The van der Waals surface area contributed by atoms with Crippen LogP contribution in [0.2, 0.25) is 0 Å². The summed E-state index contributed by atoms with van der Waals surface area (Å²) in [5.41, 5.74) is 0.439. The molecular formula is C14H17FN2O2. The quantitative estimate of drug-likeness (QED) is 0.903. The van der Waals surface area contributed by atoms with Crippen LogP contribution in [0.3, 0.4) is 0 Å². The van der Waals surface area contributed by atoms with Crippen LogP contribution in [0.15, 0.2) is 30.6 Å². The highest BCUT2D eigenvalue weighted by molar-refractivity contribution is 5.35. The molecule has 5 heteroatoms. The molecule has 1 heterocycles. The van der Waals surface area contributed by atoms with E-state index in [-0.39, 0.29) is 6.61 Å². The Hall–Kier alpha value is -1.88. The van der Waals surface area contributed by atoms with Crippen molar-refractivity contribution in [2.45, 2.75) is 33.1 Å². The third-order valence-corrected chi connectivity index (χ3v) is 2.92. The van der Waals surface area contributed by atoms with E-state index >= 15 is 0 Å². The van der Waals surface area contributed by atoms with Crippen LogP contribution in [-0.2, 0) is 13.2 Å². The molecule has 2 rings (SSSR count). The zero-order chi connectivity index (χ0) is 13.8. The Morgan fingerprint density at radius 1 is 1.47 bits per heavy atom. The molecule has 0 saturated carbocycles. The van der Waals surface area contributed by atoms with Crippen LogP contribution < -0.4 is 4.74 Å². The minimum Gasteiger partial charge on any atom is -0.485 e. The van der Waals surface area contributed by atoms with Gasteiger partial charge in [0.25, 0.3) is 0 Å². The number of aliphatic hydroxyl groups excluding tert-OH is 1. The van der Waals surface area contributed by atoms with Gasteiger partial charge >= 0.3 is 0 Å². The SMILES string of the molecule is CCn1ccnc1COc1ccc(F)cc1[C@H](C)O. The van der Waals surface area contributed by atoms with Crippen molar-refractivity contribution in [3.05, 3.63) is 47.8 Å². The number of benzene rings is 1. The molecule has 0 aliphatic carbocycles. The monoisotopic (exact) mass is 264 g/mol. The van der Waals surface area contributed by atoms with Gasteiger partial charge in [-0.05, 0) is 32.0 Å². The summed E-state index contributed by atoms with van der Waals surface area (Å²) in [5.74, 6) is 0.878. The van der Waals surface area contributed by atoms with Crippen LogP contribution in [-0.4, -0.2) is 14.7 Å². The molecule has 2 aromatic rings. The van der Waals surface area contributed by atoms with Gasteiger partial charge in [-0.3, -0.25) is 0 Å². The van der Waals surface area contributed by atoms with Crippen LogP contribution in [0.1, 0.15) is 31.3 Å². The lowest BCUT2D eigenvalue weighted by atomic mass is 10.1. The number of rotatable bonds is 5. The van der Waals surface area contributed by atoms with Gasteiger partial charge in [0.15, 0.2) is 0 Å². The molecule has 4 nitrogen and oxygen atoms in total. The van der Waals surface area contributed by atoms with Crippen molar-refractivity contribution in [1.29, 1.82) is 0 Å². The summed E-state index contributed by atoms with van der Waals surface area (Å²) in [6.07, 6.45) is 2.80. The number of ether oxygens (including phenoxy) is 1. The van der Waals surface area contributed by atoms with Crippen LogP contribution in [0, 0.1) is 5.82 Å². The first-order valence-electron chi connectivity index (χ1n) is 6.22. The minimum atomic E-state index is -0.781. The Bertz CT molecular complexity index is 552. The smallest absolute Gasteiger partial charge is 0.146 e. The summed E-state index contributed by atoms with van der Waals surface area (Å²) in [5, 5.41) is 9.62. The van der Waals surface area contributed by atoms with E-state index < -0.39 is 11.9 Å². The lowest BCUT2D eigenvalue weighted by Gasteiger charge is -2.13. The molecule has 0 radical (unpaired) electrons. The number of hydrogen-bond donors (Lipinski definition) is 1. The van der Waals surface area contributed by atoms with Gasteiger partial charge in [0.05, 0.1) is 6.10 Å². The first-order valence-corrected chi connectivity index (χ1v) is 6.22. The van der Waals surface area contributed by atoms with Gasteiger partial charge in [0.2, 0.25) is 0 Å². The maximum Gasteiger partial charge on any atom is 0.146 e. The molecule has 102 valence electrons. The third kappa shape index (κ3) is 3.12. The van der Waals surface area contributed by atoms with Gasteiger partial charge in [-0.25, -0.2) is 9.37 Å². The fraction of sp³-hybridized carbons (Fsp3) is 0.357. The molecular weight excluding hydrogens is 247 g/mol. The number of nitrogens with zero attached hydrogens (tertiary/aromatic N) is 2. The second-order valence-electron chi connectivity index (χ2n) is 4.28. The van der Waals surface area contributed by atoms with Crippen molar-refractivity contribution in [2.75, 3.05) is 0 Å². The Morgan fingerprint density at radius 2 is 2.26 bits per heavy atom. The van der Waals surface area contributed by atoms with Crippen molar-refractivity contribution in [3.63, 3.8) is 0 Å². The topological polar surface area (TPSA) is 47.3 Å². The van der Waals surface area contributed by atoms with E-state index in [4.69, 9.17) is 4.74 Å². The van der Waals surface area contributed by atoms with Crippen molar-refractivity contribution >= 4 is 0 Å². The predicted molar refractivity (Wildman–Crippen MR) is 69.3 cm³/mol. The number of aryl methyl sites for hydroxylation is 1. The number of hydrogen-bond acceptors (Lipinski definition) is 3. The molecule has 19 heavy (non-hydrogen) atoms. The van der Waals surface area contributed by atoms with Crippen molar-refractivity contribution < 1.29 is 14.2 Å². The van der Waals surface area contributed by atoms with Gasteiger partial charge in [0.1, 0.15) is 24.0 Å². The summed E-state index contributed by atoms with van der Waals surface area (Å²) in [4.78, 5) is 4.20. The summed E-state index contributed by atoms with van der Waals surface area (Å²) < 4.78 is 20.8. The first kappa shape index (κ1) is 13.5. The average molecular weight is 264 g/mol. The summed E-state index contributed by atoms with van der Waals surface area (Å²) in [6, 6.07) is 4.12. The Balaban J connectivity index is 2.15. The lowest BCUT2D eigenvalue weighted by molar-refractivity contribution is 0.188. The zero-order valence-electron chi connectivity index (χ0n) is 11.0. The van der Waals surface area contributed by atoms with E-state index in [1.54, 1.807) is 13.1 Å². The van der Waals surface area contributed by atoms with E-state index in [9.17, 15) is 9.50 Å². The molecule has 1 aromatic heterocycles. The van der Waals surface area contributed by atoms with Crippen LogP contribution in [0.5, 0.6) is 5.75 Å². The third-order valence-electron chi connectivity index (χ3n) is 2.92. The highest BCUT2D eigenvalue weighted by Crippen LogP contribution is 2.26. The number of aliphatic hydroxyl groups is 1. The largest absolute Gasteiger partial charge is 0.485 e. The van der Waals surface area contributed by atoms with Gasteiger partial charge in [-0.2, -0.15) is 0 Å². The maximum atomic E-state index is 13.2. The highest BCUT2D eigenvalue weighted by atomic mass is 19.1. The van der Waals surface area contributed by atoms with Gasteiger partial charge < -0.3 is 14.4 Å². The average Bonchev–Trinajstić information content (AvgIpc) is 2.84. The highest BCUT2D eigenvalue weighted by Gasteiger charge is 2.11. The molecule has 0 bridgehead atoms. The Morgan fingerprint density at radius 3 is 2.95 bits per heavy atom. The number of imidazole rings is 1. The summed E-state index contributed by atoms with van der Waals surface area (Å²) in [7, 11) is 0. The molecule has 0 spiro atoms. The van der Waals surface area contributed by atoms with Crippen molar-refractivity contribution in [1.82, 2.24) is 9.55 Å². The fourth-order valence-electron chi connectivity index (χ4n) is 1.89. The van der Waals surface area contributed by atoms with Crippen LogP contribution >= 0.6 is 0 Å². The molecule has 0 aliphatic rings. The van der Waals surface area contributed by atoms with Crippen LogP contribution in [0.4, 0.5) is 4.39 Å². The molecule has 0 amide bonds. The van der Waals surface area contributed by atoms with E-state index in [0.717, 1.165) is 12.4 Å². The number of halogens is 1. The van der Waals surface area contributed by atoms with Gasteiger partial charge in [0, 0.05) is 24.5 Å². The fourth-order valence-corrected chi connectivity index (χ4v) is 1.89. The molecule has 0 saturated heterocycles. The van der Waals surface area contributed by atoms with Gasteiger partial charge in [-0.1, -0.05) is 0 Å². The zero-order valence-corrected chi connectivity index (χ0v) is 11.0. The molecule has 0 fully saturated rings. The Labute approximate surface area is 111 Å². The molecule has 1 aromatic carbocycles. The maximum absolute atomic E-state index is 13.2. The van der Waals surface area contributed by atoms with Crippen LogP contribution in [0.25, 0.3) is 0 Å². The van der Waals surface area contributed by atoms with Crippen molar-refractivity contribution in [2.24, 2.45) is 0 Å². The second-order valence-corrected chi connectivity index (χ2v) is 4.28. The summed E-state index contributed by atoms with van der Waals surface area (Å²) in [6.45, 7) is 4.69. The molecule has 1 N–H and O–H groups in total.